The lowest BCUT2D eigenvalue weighted by atomic mass is 10.1. The summed E-state index contributed by atoms with van der Waals surface area (Å²) in [6.07, 6.45) is 0. The van der Waals surface area contributed by atoms with Gasteiger partial charge in [0.25, 0.3) is 0 Å². The first-order valence-corrected chi connectivity index (χ1v) is 7.08. The van der Waals surface area contributed by atoms with Gasteiger partial charge in [-0.3, -0.25) is 0 Å². The summed E-state index contributed by atoms with van der Waals surface area (Å²) in [7, 11) is 0. The molecule has 18 heavy (non-hydrogen) atoms. The summed E-state index contributed by atoms with van der Waals surface area (Å²) in [6, 6.07) is 9.59. The van der Waals surface area contributed by atoms with Crippen LogP contribution in [0.25, 0.3) is 0 Å². The summed E-state index contributed by atoms with van der Waals surface area (Å²) in [4.78, 5) is 4.87. The average Bonchev–Trinajstić information content (AvgIpc) is 2.42. The summed E-state index contributed by atoms with van der Waals surface area (Å²) in [5.74, 6) is 0. The molecule has 1 saturated heterocycles. The van der Waals surface area contributed by atoms with Crippen molar-refractivity contribution in [2.24, 2.45) is 0 Å². The third kappa shape index (κ3) is 2.78. The predicted molar refractivity (Wildman–Crippen MR) is 79.7 cm³/mol. The maximum Gasteiger partial charge on any atom is 0.0386 e. The van der Waals surface area contributed by atoms with Gasteiger partial charge in [-0.15, -0.1) is 0 Å². The third-order valence-electron chi connectivity index (χ3n) is 3.81. The molecule has 1 fully saturated rings. The monoisotopic (exact) mass is 247 g/mol. The van der Waals surface area contributed by atoms with Crippen molar-refractivity contribution in [1.29, 1.82) is 0 Å². The number of anilines is 2. The molecule has 0 amide bonds. The van der Waals surface area contributed by atoms with E-state index in [0.717, 1.165) is 32.7 Å². The predicted octanol–water partition coefficient (Wildman–Crippen LogP) is 2.33. The molecule has 3 nitrogen and oxygen atoms in total. The van der Waals surface area contributed by atoms with Crippen LogP contribution in [0.3, 0.4) is 0 Å². The van der Waals surface area contributed by atoms with Crippen molar-refractivity contribution in [2.45, 2.75) is 26.8 Å². The molecule has 0 aliphatic carbocycles. The van der Waals surface area contributed by atoms with Gasteiger partial charge in [0, 0.05) is 50.1 Å². The maximum atomic E-state index is 3.43. The Morgan fingerprint density at radius 2 is 1.89 bits per heavy atom. The Labute approximate surface area is 111 Å². The minimum absolute atomic E-state index is 0.582. The first kappa shape index (κ1) is 13.2. The molecule has 1 aliphatic heterocycles. The largest absolute Gasteiger partial charge is 0.372 e. The van der Waals surface area contributed by atoms with Crippen LogP contribution in [-0.4, -0.2) is 38.8 Å². The molecule has 1 aliphatic rings. The van der Waals surface area contributed by atoms with E-state index in [2.05, 4.69) is 60.2 Å². The quantitative estimate of drug-likeness (QED) is 0.881. The zero-order valence-corrected chi connectivity index (χ0v) is 11.8. The Kier molecular flexibility index (Phi) is 4.48. The molecular weight excluding hydrogens is 222 g/mol. The number of piperazine rings is 1. The van der Waals surface area contributed by atoms with Crippen LogP contribution >= 0.6 is 0 Å². The smallest absolute Gasteiger partial charge is 0.0386 e. The Bertz CT molecular complexity index is 357. The normalized spacial score (nSPS) is 19.9. The van der Waals surface area contributed by atoms with E-state index in [9.17, 15) is 0 Å². The van der Waals surface area contributed by atoms with E-state index in [1.54, 1.807) is 0 Å². The molecule has 0 bridgehead atoms. The van der Waals surface area contributed by atoms with E-state index < -0.39 is 0 Å². The summed E-state index contributed by atoms with van der Waals surface area (Å²) in [6.45, 7) is 12.1. The average molecular weight is 247 g/mol. The molecule has 2 rings (SSSR count). The van der Waals surface area contributed by atoms with Gasteiger partial charge in [-0.05, 0) is 45.0 Å². The second-order valence-electron chi connectivity index (χ2n) is 4.94. The molecular formula is C15H25N3. The van der Waals surface area contributed by atoms with Gasteiger partial charge in [-0.1, -0.05) is 0 Å². The molecule has 1 aromatic carbocycles. The van der Waals surface area contributed by atoms with Gasteiger partial charge < -0.3 is 15.1 Å². The van der Waals surface area contributed by atoms with Gasteiger partial charge in [0.2, 0.25) is 0 Å². The van der Waals surface area contributed by atoms with Crippen LogP contribution in [0.1, 0.15) is 20.8 Å². The first-order valence-electron chi connectivity index (χ1n) is 7.08. The fraction of sp³-hybridized carbons (Fsp3) is 0.600. The first-order chi connectivity index (χ1) is 8.76. The minimum Gasteiger partial charge on any atom is -0.372 e. The van der Waals surface area contributed by atoms with Crippen molar-refractivity contribution in [2.75, 3.05) is 42.5 Å². The lowest BCUT2D eigenvalue weighted by Gasteiger charge is -2.36. The van der Waals surface area contributed by atoms with Crippen LogP contribution in [0.2, 0.25) is 0 Å². The van der Waals surface area contributed by atoms with E-state index >= 15 is 0 Å². The highest BCUT2D eigenvalue weighted by molar-refractivity contribution is 5.57. The van der Waals surface area contributed by atoms with Crippen LogP contribution < -0.4 is 15.1 Å². The summed E-state index contributed by atoms with van der Waals surface area (Å²) < 4.78 is 0. The summed E-state index contributed by atoms with van der Waals surface area (Å²) in [5, 5.41) is 3.43. The standard InChI is InChI=1S/C15H25N3/c1-4-17(5-2)14-6-8-15(9-7-14)18-11-10-16-12-13(18)3/h6-9,13,16H,4-5,10-12H2,1-3H3. The molecule has 1 atom stereocenters. The Balaban J connectivity index is 2.11. The van der Waals surface area contributed by atoms with E-state index in [4.69, 9.17) is 0 Å². The fourth-order valence-corrected chi connectivity index (χ4v) is 2.67. The van der Waals surface area contributed by atoms with Crippen molar-refractivity contribution in [1.82, 2.24) is 5.32 Å². The molecule has 0 spiro atoms. The molecule has 0 saturated carbocycles. The van der Waals surface area contributed by atoms with Crippen molar-refractivity contribution in [3.05, 3.63) is 24.3 Å². The van der Waals surface area contributed by atoms with Gasteiger partial charge in [-0.25, -0.2) is 0 Å². The molecule has 0 aromatic heterocycles. The number of rotatable bonds is 4. The van der Waals surface area contributed by atoms with Crippen LogP contribution in [0.15, 0.2) is 24.3 Å². The highest BCUT2D eigenvalue weighted by Crippen LogP contribution is 2.22. The number of nitrogens with zero attached hydrogens (tertiary/aromatic N) is 2. The van der Waals surface area contributed by atoms with E-state index in [-0.39, 0.29) is 0 Å². The Morgan fingerprint density at radius 3 is 2.44 bits per heavy atom. The van der Waals surface area contributed by atoms with Crippen molar-refractivity contribution < 1.29 is 0 Å². The lowest BCUT2D eigenvalue weighted by Crippen LogP contribution is -2.49. The topological polar surface area (TPSA) is 18.5 Å². The van der Waals surface area contributed by atoms with E-state index in [1.165, 1.54) is 11.4 Å². The third-order valence-corrected chi connectivity index (χ3v) is 3.81. The van der Waals surface area contributed by atoms with Gasteiger partial charge in [0.05, 0.1) is 0 Å². The Hall–Kier alpha value is -1.22. The maximum absolute atomic E-state index is 3.43. The number of nitrogens with one attached hydrogen (secondary N) is 1. The molecule has 0 radical (unpaired) electrons. The second kappa shape index (κ2) is 6.10. The van der Waals surface area contributed by atoms with E-state index in [0.29, 0.717) is 6.04 Å². The molecule has 1 heterocycles. The van der Waals surface area contributed by atoms with Crippen molar-refractivity contribution >= 4 is 11.4 Å². The van der Waals surface area contributed by atoms with Crippen molar-refractivity contribution in [3.8, 4) is 0 Å². The van der Waals surface area contributed by atoms with Crippen molar-refractivity contribution in [3.63, 3.8) is 0 Å². The molecule has 100 valence electrons. The van der Waals surface area contributed by atoms with Gasteiger partial charge in [-0.2, -0.15) is 0 Å². The van der Waals surface area contributed by atoms with Crippen LogP contribution in [0.4, 0.5) is 11.4 Å². The lowest BCUT2D eigenvalue weighted by molar-refractivity contribution is 0.501. The van der Waals surface area contributed by atoms with Gasteiger partial charge >= 0.3 is 0 Å². The minimum atomic E-state index is 0.582. The molecule has 1 N–H and O–H groups in total. The SMILES string of the molecule is CCN(CC)c1ccc(N2CCNCC2C)cc1. The zero-order chi connectivity index (χ0) is 13.0. The zero-order valence-electron chi connectivity index (χ0n) is 11.8. The van der Waals surface area contributed by atoms with Crippen LogP contribution in [-0.2, 0) is 0 Å². The fourth-order valence-electron chi connectivity index (χ4n) is 2.67. The van der Waals surface area contributed by atoms with Gasteiger partial charge in [0.15, 0.2) is 0 Å². The molecule has 3 heteroatoms. The van der Waals surface area contributed by atoms with Crippen LogP contribution in [0, 0.1) is 0 Å². The number of hydrogen-bond acceptors (Lipinski definition) is 3. The second-order valence-corrected chi connectivity index (χ2v) is 4.94. The molecule has 1 aromatic rings. The summed E-state index contributed by atoms with van der Waals surface area (Å²) >= 11 is 0. The number of benzene rings is 1. The highest BCUT2D eigenvalue weighted by Gasteiger charge is 2.17. The highest BCUT2D eigenvalue weighted by atomic mass is 15.2. The van der Waals surface area contributed by atoms with Crippen LogP contribution in [0.5, 0.6) is 0 Å². The van der Waals surface area contributed by atoms with E-state index in [1.807, 2.05) is 0 Å². The number of hydrogen-bond donors (Lipinski definition) is 1. The van der Waals surface area contributed by atoms with Gasteiger partial charge in [0.1, 0.15) is 0 Å². The summed E-state index contributed by atoms with van der Waals surface area (Å²) in [5.41, 5.74) is 2.67. The molecule has 1 unspecified atom stereocenters. The Morgan fingerprint density at radius 1 is 1.22 bits per heavy atom.